The van der Waals surface area contributed by atoms with Crippen LogP contribution in [0.4, 0.5) is 5.69 Å². The Bertz CT molecular complexity index is 936. The summed E-state index contributed by atoms with van der Waals surface area (Å²) in [4.78, 5) is 18.2. The van der Waals surface area contributed by atoms with Gasteiger partial charge >= 0.3 is 0 Å². The number of furan rings is 1. The molecule has 0 fully saturated rings. The second-order valence-electron chi connectivity index (χ2n) is 7.10. The summed E-state index contributed by atoms with van der Waals surface area (Å²) < 4.78 is 5.22. The first-order valence-electron chi connectivity index (χ1n) is 8.67. The van der Waals surface area contributed by atoms with E-state index in [-0.39, 0.29) is 5.91 Å². The van der Waals surface area contributed by atoms with Crippen LogP contribution < -0.4 is 5.32 Å². The van der Waals surface area contributed by atoms with Crippen LogP contribution in [-0.2, 0) is 12.8 Å². The van der Waals surface area contributed by atoms with Crippen molar-refractivity contribution in [2.45, 2.75) is 32.2 Å². The minimum atomic E-state index is -0.147. The molecule has 1 amide bonds. The quantitative estimate of drug-likeness (QED) is 0.765. The standard InChI is InChI=1S/C20H23N3O2/c1-12-8-13(11-25-12)20(24)21-14-4-6-18-16(9-14)17-10-15(23(2)3)5-7-19(17)22-18/h4,6,8-9,11,15,22H,5,7,10H2,1-3H3,(H,21,24). The zero-order valence-corrected chi connectivity index (χ0v) is 14.8. The van der Waals surface area contributed by atoms with Crippen molar-refractivity contribution in [1.29, 1.82) is 0 Å². The molecule has 25 heavy (non-hydrogen) atoms. The average Bonchev–Trinajstić information content (AvgIpc) is 3.17. The van der Waals surface area contributed by atoms with Crippen LogP contribution in [0.3, 0.4) is 0 Å². The van der Waals surface area contributed by atoms with Gasteiger partial charge in [0.1, 0.15) is 12.0 Å². The Kier molecular flexibility index (Phi) is 3.88. The van der Waals surface area contributed by atoms with Gasteiger partial charge in [-0.1, -0.05) is 0 Å². The van der Waals surface area contributed by atoms with Crippen molar-refractivity contribution >= 4 is 22.5 Å². The van der Waals surface area contributed by atoms with E-state index in [4.69, 9.17) is 4.42 Å². The number of likely N-dealkylation sites (N-methyl/N-ethyl adjacent to an activating group) is 1. The van der Waals surface area contributed by atoms with Crippen molar-refractivity contribution in [1.82, 2.24) is 9.88 Å². The van der Waals surface area contributed by atoms with E-state index in [1.54, 1.807) is 6.07 Å². The first kappa shape index (κ1) is 16.0. The monoisotopic (exact) mass is 337 g/mol. The maximum atomic E-state index is 12.3. The highest BCUT2D eigenvalue weighted by Crippen LogP contribution is 2.32. The molecule has 5 heteroatoms. The van der Waals surface area contributed by atoms with Crippen LogP contribution in [0.1, 0.15) is 33.8 Å². The normalized spacial score (nSPS) is 17.0. The van der Waals surface area contributed by atoms with Crippen molar-refractivity contribution in [3.05, 3.63) is 53.1 Å². The number of nitrogens with zero attached hydrogens (tertiary/aromatic N) is 1. The fourth-order valence-corrected chi connectivity index (χ4v) is 3.68. The summed E-state index contributed by atoms with van der Waals surface area (Å²) in [5.74, 6) is 0.585. The Morgan fingerprint density at radius 1 is 1.32 bits per heavy atom. The third kappa shape index (κ3) is 2.96. The van der Waals surface area contributed by atoms with E-state index in [0.29, 0.717) is 11.6 Å². The van der Waals surface area contributed by atoms with Gasteiger partial charge in [0.25, 0.3) is 5.91 Å². The van der Waals surface area contributed by atoms with Crippen LogP contribution in [0, 0.1) is 6.92 Å². The van der Waals surface area contributed by atoms with Crippen LogP contribution in [0.15, 0.2) is 34.9 Å². The summed E-state index contributed by atoms with van der Waals surface area (Å²) >= 11 is 0. The van der Waals surface area contributed by atoms with Crippen LogP contribution in [0.5, 0.6) is 0 Å². The third-order valence-corrected chi connectivity index (χ3v) is 5.14. The maximum Gasteiger partial charge on any atom is 0.258 e. The minimum absolute atomic E-state index is 0.147. The number of amides is 1. The van der Waals surface area contributed by atoms with Gasteiger partial charge in [-0.3, -0.25) is 4.79 Å². The molecule has 2 N–H and O–H groups in total. The van der Waals surface area contributed by atoms with Gasteiger partial charge in [0.2, 0.25) is 0 Å². The van der Waals surface area contributed by atoms with Gasteiger partial charge in [-0.05, 0) is 70.1 Å². The molecule has 0 bridgehead atoms. The van der Waals surface area contributed by atoms with Gasteiger partial charge < -0.3 is 19.6 Å². The lowest BCUT2D eigenvalue weighted by molar-refractivity contribution is 0.102. The van der Waals surface area contributed by atoms with Crippen LogP contribution in [0.25, 0.3) is 10.9 Å². The van der Waals surface area contributed by atoms with Crippen molar-refractivity contribution in [2.75, 3.05) is 19.4 Å². The predicted octanol–water partition coefficient (Wildman–Crippen LogP) is 3.74. The number of hydrogen-bond donors (Lipinski definition) is 2. The molecule has 0 spiro atoms. The molecule has 0 saturated heterocycles. The summed E-state index contributed by atoms with van der Waals surface area (Å²) in [7, 11) is 4.28. The molecule has 0 radical (unpaired) electrons. The number of H-pyrrole nitrogens is 1. The lowest BCUT2D eigenvalue weighted by Crippen LogP contribution is -2.33. The number of benzene rings is 1. The predicted molar refractivity (Wildman–Crippen MR) is 99.2 cm³/mol. The molecule has 0 aliphatic heterocycles. The number of fused-ring (bicyclic) bond motifs is 3. The first-order chi connectivity index (χ1) is 12.0. The van der Waals surface area contributed by atoms with Gasteiger partial charge in [-0.2, -0.15) is 0 Å². The highest BCUT2D eigenvalue weighted by atomic mass is 16.3. The molecule has 2 aromatic heterocycles. The molecule has 2 heterocycles. The lowest BCUT2D eigenvalue weighted by Gasteiger charge is -2.28. The Hall–Kier alpha value is -2.53. The molecule has 1 aliphatic rings. The average molecular weight is 337 g/mol. The van der Waals surface area contributed by atoms with E-state index in [9.17, 15) is 4.79 Å². The Balaban J connectivity index is 1.64. The maximum absolute atomic E-state index is 12.3. The second kappa shape index (κ2) is 6.08. The molecule has 1 aliphatic carbocycles. The van der Waals surface area contributed by atoms with Crippen LogP contribution in [0.2, 0.25) is 0 Å². The number of carbonyl (C=O) groups is 1. The Morgan fingerprint density at radius 2 is 2.16 bits per heavy atom. The summed E-state index contributed by atoms with van der Waals surface area (Å²) in [6, 6.07) is 8.38. The van der Waals surface area contributed by atoms with Crippen LogP contribution in [-0.4, -0.2) is 35.9 Å². The largest absolute Gasteiger partial charge is 0.469 e. The zero-order chi connectivity index (χ0) is 17.6. The molecule has 1 unspecified atom stereocenters. The number of aromatic nitrogens is 1. The van der Waals surface area contributed by atoms with Crippen molar-refractivity contribution < 1.29 is 9.21 Å². The summed E-state index contributed by atoms with van der Waals surface area (Å²) in [5.41, 5.74) is 5.21. The van der Waals surface area contributed by atoms with Crippen molar-refractivity contribution in [3.8, 4) is 0 Å². The van der Waals surface area contributed by atoms with Gasteiger partial charge in [0, 0.05) is 28.3 Å². The van der Waals surface area contributed by atoms with E-state index in [1.165, 1.54) is 29.3 Å². The number of nitrogens with one attached hydrogen (secondary N) is 2. The topological polar surface area (TPSA) is 61.3 Å². The Morgan fingerprint density at radius 3 is 2.88 bits per heavy atom. The van der Waals surface area contributed by atoms with E-state index < -0.39 is 0 Å². The molecule has 4 rings (SSSR count). The molecule has 5 nitrogen and oxygen atoms in total. The molecular formula is C20H23N3O2. The Labute approximate surface area is 147 Å². The first-order valence-corrected chi connectivity index (χ1v) is 8.67. The highest BCUT2D eigenvalue weighted by molar-refractivity contribution is 6.05. The van der Waals surface area contributed by atoms with Gasteiger partial charge in [-0.15, -0.1) is 0 Å². The number of carbonyl (C=O) groups excluding carboxylic acids is 1. The fraction of sp³-hybridized carbons (Fsp3) is 0.350. The van der Waals surface area contributed by atoms with Crippen LogP contribution >= 0.6 is 0 Å². The minimum Gasteiger partial charge on any atom is -0.469 e. The summed E-state index contributed by atoms with van der Waals surface area (Å²) in [5, 5.41) is 4.18. The van der Waals surface area contributed by atoms with E-state index in [0.717, 1.165) is 29.8 Å². The van der Waals surface area contributed by atoms with Gasteiger partial charge in [-0.25, -0.2) is 0 Å². The highest BCUT2D eigenvalue weighted by Gasteiger charge is 2.24. The number of aryl methyl sites for hydroxylation is 2. The van der Waals surface area contributed by atoms with Crippen molar-refractivity contribution in [3.63, 3.8) is 0 Å². The molecule has 3 aromatic rings. The smallest absolute Gasteiger partial charge is 0.258 e. The summed E-state index contributed by atoms with van der Waals surface area (Å²) in [6.45, 7) is 1.83. The third-order valence-electron chi connectivity index (χ3n) is 5.14. The second-order valence-corrected chi connectivity index (χ2v) is 7.10. The lowest BCUT2D eigenvalue weighted by atomic mass is 9.91. The van der Waals surface area contributed by atoms with E-state index in [1.807, 2.05) is 13.0 Å². The van der Waals surface area contributed by atoms with Gasteiger partial charge in [0.05, 0.1) is 5.56 Å². The zero-order valence-electron chi connectivity index (χ0n) is 14.8. The number of rotatable bonds is 3. The molecular weight excluding hydrogens is 314 g/mol. The number of aromatic amines is 1. The van der Waals surface area contributed by atoms with E-state index >= 15 is 0 Å². The fourth-order valence-electron chi connectivity index (χ4n) is 3.68. The van der Waals surface area contributed by atoms with Gasteiger partial charge in [0.15, 0.2) is 0 Å². The molecule has 130 valence electrons. The summed E-state index contributed by atoms with van der Waals surface area (Å²) in [6.07, 6.45) is 4.78. The molecule has 1 atom stereocenters. The number of hydrogen-bond acceptors (Lipinski definition) is 3. The van der Waals surface area contributed by atoms with Crippen molar-refractivity contribution in [2.24, 2.45) is 0 Å². The number of anilines is 1. The SMILES string of the molecule is Cc1cc(C(=O)Nc2ccc3[nH]c4c(c3c2)CC(N(C)C)CC4)co1. The molecule has 1 aromatic carbocycles. The molecule has 0 saturated carbocycles. The van der Waals surface area contributed by atoms with E-state index in [2.05, 4.69) is 41.4 Å².